The van der Waals surface area contributed by atoms with Gasteiger partial charge in [0.25, 0.3) is 0 Å². The van der Waals surface area contributed by atoms with Crippen LogP contribution in [0.3, 0.4) is 0 Å². The van der Waals surface area contributed by atoms with Gasteiger partial charge in [0.2, 0.25) is 0 Å². The molecule has 0 unspecified atom stereocenters. The van der Waals surface area contributed by atoms with Crippen LogP contribution in [0.1, 0.15) is 29.8 Å². The van der Waals surface area contributed by atoms with Crippen molar-refractivity contribution >= 4 is 17.3 Å². The Kier molecular flexibility index (Phi) is 6.63. The molecule has 1 N–H and O–H groups in total. The van der Waals surface area contributed by atoms with E-state index in [-0.39, 0.29) is 5.56 Å². The maximum absolute atomic E-state index is 11.5. The van der Waals surface area contributed by atoms with Crippen molar-refractivity contribution in [3.05, 3.63) is 72.3 Å². The third kappa shape index (κ3) is 5.01. The Hall–Kier alpha value is -3.61. The molecule has 0 aliphatic heterocycles. The summed E-state index contributed by atoms with van der Waals surface area (Å²) in [5.74, 6) is 0.326. The summed E-state index contributed by atoms with van der Waals surface area (Å²) in [6.07, 6.45) is 4.95. The van der Waals surface area contributed by atoms with Gasteiger partial charge in [0.05, 0.1) is 25.3 Å². The number of carbonyl (C=O) groups is 1. The van der Waals surface area contributed by atoms with Gasteiger partial charge in [-0.05, 0) is 44.2 Å². The molecule has 0 atom stereocenters. The first-order valence-electron chi connectivity index (χ1n) is 9.36. The number of benzene rings is 2. The number of carboxylic acid groups (broad SMARTS) is 1. The molecule has 0 aliphatic rings. The zero-order valence-electron chi connectivity index (χ0n) is 16.4. The van der Waals surface area contributed by atoms with Crippen molar-refractivity contribution in [2.75, 3.05) is 18.1 Å². The molecule has 0 saturated heterocycles. The Morgan fingerprint density at radius 3 is 2.34 bits per heavy atom. The van der Waals surface area contributed by atoms with Crippen molar-refractivity contribution < 1.29 is 19.4 Å². The predicted octanol–water partition coefficient (Wildman–Crippen LogP) is 4.31. The van der Waals surface area contributed by atoms with E-state index in [9.17, 15) is 9.90 Å². The highest BCUT2D eigenvalue weighted by Crippen LogP contribution is 2.36. The molecule has 1 aromatic heterocycles. The van der Waals surface area contributed by atoms with Gasteiger partial charge in [-0.25, -0.2) is 14.8 Å². The normalized spacial score (nSPS) is 10.4. The number of rotatable bonds is 9. The fourth-order valence-corrected chi connectivity index (χ4v) is 2.94. The number of anilines is 2. The molecule has 0 amide bonds. The molecule has 1 heterocycles. The van der Waals surface area contributed by atoms with Crippen molar-refractivity contribution in [1.29, 1.82) is 0 Å². The maximum atomic E-state index is 11.5. The third-order valence-electron chi connectivity index (χ3n) is 4.20. The molecule has 7 heteroatoms. The number of aromatic carboxylic acids is 1. The molecular weight excluding hydrogens is 370 g/mol. The highest BCUT2D eigenvalue weighted by Gasteiger charge is 2.16. The second-order valence-corrected chi connectivity index (χ2v) is 6.19. The first kappa shape index (κ1) is 20.1. The molecule has 0 radical (unpaired) electrons. The van der Waals surface area contributed by atoms with E-state index in [2.05, 4.69) is 9.97 Å². The van der Waals surface area contributed by atoms with Gasteiger partial charge < -0.3 is 19.5 Å². The smallest absolute Gasteiger partial charge is 0.335 e. The van der Waals surface area contributed by atoms with Crippen molar-refractivity contribution in [3.63, 3.8) is 0 Å². The predicted molar refractivity (Wildman–Crippen MR) is 110 cm³/mol. The molecular formula is C22H23N3O4. The molecule has 0 spiro atoms. The number of aromatic nitrogens is 2. The Labute approximate surface area is 169 Å². The van der Waals surface area contributed by atoms with Crippen LogP contribution in [0.15, 0.2) is 61.2 Å². The van der Waals surface area contributed by atoms with Crippen molar-refractivity contribution in [3.8, 4) is 11.5 Å². The van der Waals surface area contributed by atoms with E-state index in [4.69, 9.17) is 9.47 Å². The fourth-order valence-electron chi connectivity index (χ4n) is 2.94. The lowest BCUT2D eigenvalue weighted by atomic mass is 10.1. The van der Waals surface area contributed by atoms with Crippen LogP contribution in [0, 0.1) is 0 Å². The maximum Gasteiger partial charge on any atom is 0.335 e. The average Bonchev–Trinajstić information content (AvgIpc) is 2.74. The average molecular weight is 393 g/mol. The summed E-state index contributed by atoms with van der Waals surface area (Å²) < 4.78 is 11.4. The Balaban J connectivity index is 2.06. The van der Waals surface area contributed by atoms with Crippen LogP contribution in [0.5, 0.6) is 11.5 Å². The molecule has 29 heavy (non-hydrogen) atoms. The highest BCUT2D eigenvalue weighted by atomic mass is 16.5. The van der Waals surface area contributed by atoms with Crippen LogP contribution >= 0.6 is 0 Å². The van der Waals surface area contributed by atoms with Crippen molar-refractivity contribution in [1.82, 2.24) is 9.97 Å². The number of hydrogen-bond donors (Lipinski definition) is 1. The number of carboxylic acids is 1. The summed E-state index contributed by atoms with van der Waals surface area (Å²) in [6.45, 7) is 5.33. The van der Waals surface area contributed by atoms with Gasteiger partial charge in [-0.15, -0.1) is 0 Å². The zero-order chi connectivity index (χ0) is 20.6. The van der Waals surface area contributed by atoms with E-state index in [0.717, 1.165) is 16.9 Å². The lowest BCUT2D eigenvalue weighted by molar-refractivity contribution is 0.0697. The van der Waals surface area contributed by atoms with Crippen LogP contribution in [0.4, 0.5) is 11.4 Å². The van der Waals surface area contributed by atoms with Crippen molar-refractivity contribution in [2.24, 2.45) is 0 Å². The Bertz CT molecular complexity index is 963. The molecule has 2 aromatic carbocycles. The summed E-state index contributed by atoms with van der Waals surface area (Å²) in [7, 11) is 0. The molecule has 3 rings (SSSR count). The first-order valence-corrected chi connectivity index (χ1v) is 9.36. The minimum atomic E-state index is -0.975. The molecule has 7 nitrogen and oxygen atoms in total. The highest BCUT2D eigenvalue weighted by molar-refractivity contribution is 5.89. The quantitative estimate of drug-likeness (QED) is 0.580. The molecule has 0 fully saturated rings. The topological polar surface area (TPSA) is 84.8 Å². The monoisotopic (exact) mass is 393 g/mol. The Morgan fingerprint density at radius 2 is 1.66 bits per heavy atom. The van der Waals surface area contributed by atoms with Gasteiger partial charge in [0, 0.05) is 35.4 Å². The van der Waals surface area contributed by atoms with Crippen LogP contribution in [0.2, 0.25) is 0 Å². The van der Waals surface area contributed by atoms with Gasteiger partial charge in [-0.3, -0.25) is 0 Å². The zero-order valence-corrected chi connectivity index (χ0v) is 16.4. The van der Waals surface area contributed by atoms with Crippen LogP contribution < -0.4 is 14.4 Å². The largest absolute Gasteiger partial charge is 0.490 e. The van der Waals surface area contributed by atoms with E-state index in [1.165, 1.54) is 6.33 Å². The van der Waals surface area contributed by atoms with E-state index in [0.29, 0.717) is 31.3 Å². The molecule has 0 saturated carbocycles. The fraction of sp³-hybridized carbons (Fsp3) is 0.227. The van der Waals surface area contributed by atoms with Crippen molar-refractivity contribution in [2.45, 2.75) is 20.4 Å². The Morgan fingerprint density at radius 1 is 0.966 bits per heavy atom. The molecule has 3 aromatic rings. The van der Waals surface area contributed by atoms with Gasteiger partial charge in [0.1, 0.15) is 6.33 Å². The summed E-state index contributed by atoms with van der Waals surface area (Å²) in [5, 5.41) is 9.39. The van der Waals surface area contributed by atoms with E-state index >= 15 is 0 Å². The molecule has 150 valence electrons. The summed E-state index contributed by atoms with van der Waals surface area (Å²) in [6, 6.07) is 12.5. The lowest BCUT2D eigenvalue weighted by Gasteiger charge is -2.26. The van der Waals surface area contributed by atoms with E-state index in [1.54, 1.807) is 30.6 Å². The minimum Gasteiger partial charge on any atom is -0.490 e. The molecule has 0 aliphatic carbocycles. The second kappa shape index (κ2) is 9.54. The summed E-state index contributed by atoms with van der Waals surface area (Å²) in [4.78, 5) is 21.6. The summed E-state index contributed by atoms with van der Waals surface area (Å²) in [5.41, 5.74) is 2.68. The second-order valence-electron chi connectivity index (χ2n) is 6.19. The van der Waals surface area contributed by atoms with E-state index in [1.807, 2.05) is 43.0 Å². The van der Waals surface area contributed by atoms with Gasteiger partial charge in [-0.1, -0.05) is 6.07 Å². The number of nitrogens with zero attached hydrogens (tertiary/aromatic N) is 3. The van der Waals surface area contributed by atoms with E-state index < -0.39 is 5.97 Å². The van der Waals surface area contributed by atoms with Gasteiger partial charge in [-0.2, -0.15) is 0 Å². The third-order valence-corrected chi connectivity index (χ3v) is 4.20. The van der Waals surface area contributed by atoms with Crippen LogP contribution in [-0.4, -0.2) is 34.3 Å². The van der Waals surface area contributed by atoms with Gasteiger partial charge >= 0.3 is 5.97 Å². The van der Waals surface area contributed by atoms with Gasteiger partial charge in [0.15, 0.2) is 11.5 Å². The van der Waals surface area contributed by atoms with Crippen LogP contribution in [0.25, 0.3) is 0 Å². The standard InChI is InChI=1S/C22H23N3O4/c1-3-28-20-9-8-19(11-21(20)29-4-2)25(14-16-12-23-15-24-13-16)18-7-5-6-17(10-18)22(26)27/h5-13,15H,3-4,14H2,1-2H3,(H,26,27). The first-order chi connectivity index (χ1) is 14.1. The number of hydrogen-bond acceptors (Lipinski definition) is 6. The number of ether oxygens (including phenoxy) is 2. The lowest BCUT2D eigenvalue weighted by Crippen LogP contribution is -2.17. The van der Waals surface area contributed by atoms with Crippen LogP contribution in [-0.2, 0) is 6.54 Å². The summed E-state index contributed by atoms with van der Waals surface area (Å²) >= 11 is 0. The minimum absolute atomic E-state index is 0.216. The SMILES string of the molecule is CCOc1ccc(N(Cc2cncnc2)c2cccc(C(=O)O)c2)cc1OCC. The molecule has 0 bridgehead atoms.